The van der Waals surface area contributed by atoms with Crippen molar-refractivity contribution in [2.24, 2.45) is 0 Å². The number of hydrogen-bond acceptors (Lipinski definition) is 4. The number of carboxylic acid groups (broad SMARTS) is 1. The maximum atomic E-state index is 10.8. The molecule has 0 spiro atoms. The smallest absolute Gasteiger partial charge is 0.323 e. The van der Waals surface area contributed by atoms with Crippen LogP contribution >= 0.6 is 11.6 Å². The summed E-state index contributed by atoms with van der Waals surface area (Å²) in [6, 6.07) is 3.51. The molecular weight excluding hydrogens is 254 g/mol. The number of hydrogen-bond donors (Lipinski definition) is 1. The highest BCUT2D eigenvalue weighted by molar-refractivity contribution is 6.33. The van der Waals surface area contributed by atoms with Crippen molar-refractivity contribution in [1.29, 1.82) is 5.26 Å². The van der Waals surface area contributed by atoms with E-state index in [-0.39, 0.29) is 6.54 Å². The van der Waals surface area contributed by atoms with Gasteiger partial charge in [0.25, 0.3) is 0 Å². The number of halogens is 1. The van der Waals surface area contributed by atoms with Crippen molar-refractivity contribution < 1.29 is 9.90 Å². The molecule has 1 rings (SSSR count). The first-order valence-electron chi connectivity index (χ1n) is 5.53. The van der Waals surface area contributed by atoms with Crippen LogP contribution in [0, 0.1) is 18.3 Å². The molecule has 6 heteroatoms. The van der Waals surface area contributed by atoms with E-state index in [1.807, 2.05) is 13.0 Å². The van der Waals surface area contributed by atoms with Gasteiger partial charge in [0.2, 0.25) is 0 Å². The third-order valence-electron chi connectivity index (χ3n) is 2.39. The molecule has 1 N–H and O–H groups in total. The van der Waals surface area contributed by atoms with E-state index in [1.54, 1.807) is 11.8 Å². The zero-order chi connectivity index (χ0) is 13.7. The number of rotatable bonds is 5. The Balaban J connectivity index is 3.16. The summed E-state index contributed by atoms with van der Waals surface area (Å²) >= 11 is 6.05. The molecule has 0 aliphatic heterocycles. The lowest BCUT2D eigenvalue weighted by molar-refractivity contribution is -0.135. The van der Waals surface area contributed by atoms with Crippen molar-refractivity contribution in [1.82, 2.24) is 4.98 Å². The Bertz CT molecular complexity index is 497. The number of nitriles is 1. The van der Waals surface area contributed by atoms with Gasteiger partial charge in [0.05, 0.1) is 16.3 Å². The van der Waals surface area contributed by atoms with E-state index in [2.05, 4.69) is 4.98 Å². The van der Waals surface area contributed by atoms with Gasteiger partial charge in [0.1, 0.15) is 18.4 Å². The number of carboxylic acids is 1. The molecule has 0 aliphatic rings. The summed E-state index contributed by atoms with van der Waals surface area (Å²) in [7, 11) is 0. The summed E-state index contributed by atoms with van der Waals surface area (Å²) in [5.74, 6) is -0.527. The van der Waals surface area contributed by atoms with E-state index in [0.717, 1.165) is 6.42 Å². The van der Waals surface area contributed by atoms with Crippen LogP contribution in [0.3, 0.4) is 0 Å². The Morgan fingerprint density at radius 2 is 2.33 bits per heavy atom. The Morgan fingerprint density at radius 1 is 1.67 bits per heavy atom. The molecule has 1 aromatic rings. The molecule has 0 aromatic carbocycles. The first kappa shape index (κ1) is 14.3. The van der Waals surface area contributed by atoms with E-state index in [1.165, 1.54) is 6.07 Å². The molecule has 1 heterocycles. The van der Waals surface area contributed by atoms with E-state index in [9.17, 15) is 4.79 Å². The maximum Gasteiger partial charge on any atom is 0.323 e. The summed E-state index contributed by atoms with van der Waals surface area (Å²) in [5, 5.41) is 18.0. The summed E-state index contributed by atoms with van der Waals surface area (Å²) in [4.78, 5) is 16.6. The zero-order valence-electron chi connectivity index (χ0n) is 10.3. The fourth-order valence-corrected chi connectivity index (χ4v) is 1.87. The van der Waals surface area contributed by atoms with Gasteiger partial charge in [-0.2, -0.15) is 5.26 Å². The summed E-state index contributed by atoms with van der Waals surface area (Å²) in [5.41, 5.74) is 0.943. The standard InChI is InChI=1S/C12H14ClN3O2/c1-3-4-16(7-11(17)18)12-10(13)5-9(6-14)8(2)15-12/h5H,3-4,7H2,1-2H3,(H,17,18). The minimum atomic E-state index is -0.941. The van der Waals surface area contributed by atoms with Gasteiger partial charge < -0.3 is 10.0 Å². The maximum absolute atomic E-state index is 10.8. The SMILES string of the molecule is CCCN(CC(=O)O)c1nc(C)c(C#N)cc1Cl. The lowest BCUT2D eigenvalue weighted by Crippen LogP contribution is -2.31. The molecule has 0 aliphatic carbocycles. The fourth-order valence-electron chi connectivity index (χ4n) is 1.60. The van der Waals surface area contributed by atoms with Crippen LogP contribution in [-0.2, 0) is 4.79 Å². The second kappa shape index (κ2) is 6.22. The Labute approximate surface area is 111 Å². The number of aryl methyl sites for hydroxylation is 1. The average Bonchev–Trinajstić information content (AvgIpc) is 2.30. The van der Waals surface area contributed by atoms with Crippen LogP contribution in [0.25, 0.3) is 0 Å². The van der Waals surface area contributed by atoms with Crippen LogP contribution in [-0.4, -0.2) is 29.1 Å². The minimum Gasteiger partial charge on any atom is -0.480 e. The molecule has 1 aromatic heterocycles. The third-order valence-corrected chi connectivity index (χ3v) is 2.67. The molecule has 0 saturated heterocycles. The van der Waals surface area contributed by atoms with Crippen molar-refractivity contribution in [3.05, 3.63) is 22.3 Å². The lowest BCUT2D eigenvalue weighted by Gasteiger charge is -2.22. The average molecular weight is 268 g/mol. The molecule has 96 valence electrons. The summed E-state index contributed by atoms with van der Waals surface area (Å²) in [6.45, 7) is 4.03. The summed E-state index contributed by atoms with van der Waals surface area (Å²) in [6.07, 6.45) is 0.782. The van der Waals surface area contributed by atoms with E-state index < -0.39 is 5.97 Å². The van der Waals surface area contributed by atoms with Gasteiger partial charge in [0, 0.05) is 6.54 Å². The molecule has 5 nitrogen and oxygen atoms in total. The molecule has 0 bridgehead atoms. The number of carbonyl (C=O) groups is 1. The molecular formula is C12H14ClN3O2. The zero-order valence-corrected chi connectivity index (χ0v) is 11.0. The first-order valence-corrected chi connectivity index (χ1v) is 5.91. The summed E-state index contributed by atoms with van der Waals surface area (Å²) < 4.78 is 0. The van der Waals surface area contributed by atoms with Gasteiger partial charge in [0.15, 0.2) is 0 Å². The number of anilines is 1. The monoisotopic (exact) mass is 267 g/mol. The Kier molecular flexibility index (Phi) is 4.93. The van der Waals surface area contributed by atoms with Gasteiger partial charge in [-0.1, -0.05) is 18.5 Å². The van der Waals surface area contributed by atoms with Crippen molar-refractivity contribution in [2.75, 3.05) is 18.0 Å². The fraction of sp³-hybridized carbons (Fsp3) is 0.417. The molecule has 0 amide bonds. The van der Waals surface area contributed by atoms with E-state index in [4.69, 9.17) is 22.0 Å². The Hall–Kier alpha value is -1.80. The normalized spacial score (nSPS) is 9.89. The van der Waals surface area contributed by atoms with Crippen LogP contribution in [0.15, 0.2) is 6.07 Å². The van der Waals surface area contributed by atoms with Crippen LogP contribution in [0.5, 0.6) is 0 Å². The highest BCUT2D eigenvalue weighted by Crippen LogP contribution is 2.25. The highest BCUT2D eigenvalue weighted by atomic mass is 35.5. The highest BCUT2D eigenvalue weighted by Gasteiger charge is 2.16. The second-order valence-corrected chi connectivity index (χ2v) is 4.26. The number of pyridine rings is 1. The van der Waals surface area contributed by atoms with Crippen molar-refractivity contribution in [2.45, 2.75) is 20.3 Å². The largest absolute Gasteiger partial charge is 0.480 e. The van der Waals surface area contributed by atoms with Crippen LogP contribution in [0.1, 0.15) is 24.6 Å². The van der Waals surface area contributed by atoms with Crippen LogP contribution < -0.4 is 4.90 Å². The quantitative estimate of drug-likeness (QED) is 0.885. The lowest BCUT2D eigenvalue weighted by atomic mass is 10.2. The van der Waals surface area contributed by atoms with Crippen molar-refractivity contribution in [3.8, 4) is 6.07 Å². The van der Waals surface area contributed by atoms with E-state index >= 15 is 0 Å². The predicted molar refractivity (Wildman–Crippen MR) is 68.8 cm³/mol. The van der Waals surface area contributed by atoms with Gasteiger partial charge in [-0.05, 0) is 19.4 Å². The number of nitrogens with zero attached hydrogens (tertiary/aromatic N) is 3. The molecule has 0 saturated carbocycles. The number of aliphatic carboxylic acids is 1. The van der Waals surface area contributed by atoms with Crippen molar-refractivity contribution >= 4 is 23.4 Å². The van der Waals surface area contributed by atoms with Gasteiger partial charge >= 0.3 is 5.97 Å². The topological polar surface area (TPSA) is 77.2 Å². The Morgan fingerprint density at radius 3 is 2.83 bits per heavy atom. The van der Waals surface area contributed by atoms with Gasteiger partial charge in [-0.3, -0.25) is 4.79 Å². The predicted octanol–water partition coefficient (Wildman–Crippen LogP) is 2.22. The second-order valence-electron chi connectivity index (χ2n) is 3.85. The minimum absolute atomic E-state index is 0.161. The molecule has 0 atom stereocenters. The van der Waals surface area contributed by atoms with Gasteiger partial charge in [-0.15, -0.1) is 0 Å². The van der Waals surface area contributed by atoms with E-state index in [0.29, 0.717) is 28.6 Å². The third kappa shape index (κ3) is 3.34. The van der Waals surface area contributed by atoms with Crippen LogP contribution in [0.4, 0.5) is 5.82 Å². The van der Waals surface area contributed by atoms with Crippen molar-refractivity contribution in [3.63, 3.8) is 0 Å². The first-order chi connectivity index (χ1) is 8.49. The molecule has 0 radical (unpaired) electrons. The molecule has 0 fully saturated rings. The molecule has 0 unspecified atom stereocenters. The number of aromatic nitrogens is 1. The van der Waals surface area contributed by atoms with Gasteiger partial charge in [-0.25, -0.2) is 4.98 Å². The molecule has 18 heavy (non-hydrogen) atoms. The van der Waals surface area contributed by atoms with Crippen LogP contribution in [0.2, 0.25) is 5.02 Å².